The lowest BCUT2D eigenvalue weighted by atomic mass is 10.1. The van der Waals surface area contributed by atoms with Gasteiger partial charge in [0.1, 0.15) is 22.9 Å². The van der Waals surface area contributed by atoms with Gasteiger partial charge in [-0.15, -0.1) is 18.2 Å². The van der Waals surface area contributed by atoms with Crippen LogP contribution < -0.4 is 0 Å². The average Bonchev–Trinajstić information content (AvgIpc) is 3.78. The topological polar surface area (TPSA) is 238 Å². The summed E-state index contributed by atoms with van der Waals surface area (Å²) < 4.78 is 198. The molecule has 0 N–H and O–H groups in total. The van der Waals surface area contributed by atoms with Crippen molar-refractivity contribution in [3.63, 3.8) is 0 Å². The molecular weight excluding hydrogens is 1120 g/mol. The molecule has 0 aliphatic carbocycles. The summed E-state index contributed by atoms with van der Waals surface area (Å²) in [5, 5.41) is 27.8. The van der Waals surface area contributed by atoms with Gasteiger partial charge in [0.05, 0.1) is 51.1 Å². The number of benzene rings is 1. The van der Waals surface area contributed by atoms with E-state index in [1.807, 2.05) is 0 Å². The SMILES string of the molecule is CC(c1ccc(C(F)(F)F)nc1)S(C)(=O)=NC#N.CC(c1ccc(Cl)nc1)S(C)(=O)=NC#N.CS(=O)(Cc1ccc(C(F)(F)F)nc1)=NC#N.Cc1cc(C)c(-n2cnc(C(F)(F)F)n2)cc1SOCC(F)(F)F. The van der Waals surface area contributed by atoms with Gasteiger partial charge in [0.15, 0.2) is 6.61 Å². The minimum atomic E-state index is -4.68. The fourth-order valence-electron chi connectivity index (χ4n) is 5.20. The maximum Gasteiger partial charge on any atom is 0.453 e. The van der Waals surface area contributed by atoms with E-state index in [-0.39, 0.29) is 16.7 Å². The molecule has 0 amide bonds. The van der Waals surface area contributed by atoms with Gasteiger partial charge in [0.2, 0.25) is 18.6 Å². The molecule has 0 saturated heterocycles. The Hall–Kier alpha value is -6.11. The predicted octanol–water partition coefficient (Wildman–Crippen LogP) is 11.8. The average molecular weight is 1160 g/mol. The second kappa shape index (κ2) is 26.4. The summed E-state index contributed by atoms with van der Waals surface area (Å²) in [5.74, 6) is -1.41. The van der Waals surface area contributed by atoms with Gasteiger partial charge in [-0.3, -0.25) is 9.97 Å². The van der Waals surface area contributed by atoms with Crippen LogP contribution in [0.4, 0.5) is 52.7 Å². The number of hydrogen-bond acceptors (Lipinski definition) is 16. The van der Waals surface area contributed by atoms with Crippen molar-refractivity contribution >= 4 is 52.8 Å². The lowest BCUT2D eigenvalue weighted by molar-refractivity contribution is -0.150. The molecule has 0 radical (unpaired) electrons. The van der Waals surface area contributed by atoms with Crippen molar-refractivity contribution in [3.05, 3.63) is 124 Å². The first kappa shape index (κ1) is 64.0. The predicted molar refractivity (Wildman–Crippen MR) is 248 cm³/mol. The number of rotatable bonds is 10. The van der Waals surface area contributed by atoms with Gasteiger partial charge in [-0.25, -0.2) is 27.3 Å². The molecule has 0 aliphatic heterocycles. The van der Waals surface area contributed by atoms with Crippen LogP contribution in [0.2, 0.25) is 5.15 Å². The number of aryl methyl sites for hydroxylation is 2. The van der Waals surface area contributed by atoms with Gasteiger partial charge in [-0.05, 0) is 79.8 Å². The Kier molecular flexibility index (Phi) is 22.8. The molecule has 1 aromatic carbocycles. The van der Waals surface area contributed by atoms with Crippen molar-refractivity contribution in [2.75, 3.05) is 25.4 Å². The lowest BCUT2D eigenvalue weighted by Gasteiger charge is -2.13. The van der Waals surface area contributed by atoms with Crippen molar-refractivity contribution in [2.24, 2.45) is 13.1 Å². The highest BCUT2D eigenvalue weighted by Gasteiger charge is 2.36. The largest absolute Gasteiger partial charge is 0.453 e. The fraction of sp³-hybridized carbons (Fsp3) is 0.366. The smallest absolute Gasteiger partial charge is 0.301 e. The van der Waals surface area contributed by atoms with E-state index in [4.69, 9.17) is 27.4 Å². The molecule has 33 heteroatoms. The normalized spacial score (nSPS) is 14.8. The van der Waals surface area contributed by atoms with Crippen LogP contribution in [0.1, 0.15) is 69.4 Å². The molecule has 0 aliphatic rings. The fourth-order valence-corrected chi connectivity index (χ4v) is 8.94. The number of halogens is 13. The molecule has 4 heterocycles. The van der Waals surface area contributed by atoms with Gasteiger partial charge < -0.3 is 4.18 Å². The minimum Gasteiger partial charge on any atom is -0.301 e. The van der Waals surface area contributed by atoms with Crippen LogP contribution in [0.15, 0.2) is 91.4 Å². The van der Waals surface area contributed by atoms with E-state index in [2.05, 4.69) is 42.3 Å². The second-order valence-electron chi connectivity index (χ2n) is 15.0. The summed E-state index contributed by atoms with van der Waals surface area (Å²) in [6.07, 6.45) is -5.31. The summed E-state index contributed by atoms with van der Waals surface area (Å²) in [5.41, 5.74) is 0.886. The zero-order valence-corrected chi connectivity index (χ0v) is 43.1. The molecule has 74 heavy (non-hydrogen) atoms. The van der Waals surface area contributed by atoms with E-state index in [1.54, 1.807) is 51.4 Å². The molecule has 0 fully saturated rings. The van der Waals surface area contributed by atoms with Crippen LogP contribution in [0.25, 0.3) is 5.69 Å². The van der Waals surface area contributed by atoms with Gasteiger partial charge >= 0.3 is 24.7 Å². The molecular formula is C41H39ClF12N12O4S4. The van der Waals surface area contributed by atoms with Gasteiger partial charge in [-0.2, -0.15) is 68.5 Å². The maximum atomic E-state index is 12.6. The van der Waals surface area contributed by atoms with Gasteiger partial charge in [0, 0.05) is 54.3 Å². The molecule has 5 rings (SSSR count). The summed E-state index contributed by atoms with van der Waals surface area (Å²) in [7, 11) is -8.10. The number of nitrogens with zero attached hydrogens (tertiary/aromatic N) is 12. The van der Waals surface area contributed by atoms with Gasteiger partial charge in [-0.1, -0.05) is 35.9 Å². The van der Waals surface area contributed by atoms with Crippen LogP contribution in [-0.4, -0.2) is 73.9 Å². The molecule has 0 bridgehead atoms. The standard InChI is InChI=1S/C13H11F6N3OS.C10H10F3N3OS.C9H10ClN3OS.C9H8F3N3OS/c1-7-3-8(2)10(24-23-5-12(14,15)16)4-9(7)22-6-20-11(21-22)13(17,18)19;1-7(18(2,17)16-6-14)8-3-4-9(15-5-8)10(11,12)13;1-7(15(2,14)13-6-11)8-3-4-9(10)12-5-8;1-17(16,15-6-13)5-7-2-3-8(14-4-7)9(10,11)12/h3-4,6H,5H2,1-2H3;3-5,7H,1-2H3;3-5,7H,1-2H3;2-4H,5H2,1H3. The highest BCUT2D eigenvalue weighted by molar-refractivity contribution is 7.94. The number of nitriles is 3. The number of hydrogen-bond donors (Lipinski definition) is 0. The van der Waals surface area contributed by atoms with Crippen molar-refractivity contribution in [3.8, 4) is 24.3 Å². The summed E-state index contributed by atoms with van der Waals surface area (Å²) in [4.78, 5) is 13.9. The van der Waals surface area contributed by atoms with Crippen LogP contribution >= 0.6 is 23.6 Å². The quantitative estimate of drug-likeness (QED) is 0.0548. The van der Waals surface area contributed by atoms with Crippen molar-refractivity contribution in [2.45, 2.75) is 73.5 Å². The molecule has 5 unspecified atom stereocenters. The molecule has 402 valence electrons. The first-order valence-electron chi connectivity index (χ1n) is 19.8. The van der Waals surface area contributed by atoms with Crippen LogP contribution in [0, 0.1) is 48.2 Å². The third-order valence-electron chi connectivity index (χ3n) is 9.16. The van der Waals surface area contributed by atoms with E-state index in [9.17, 15) is 65.3 Å². The number of pyridine rings is 3. The van der Waals surface area contributed by atoms with Crippen molar-refractivity contribution in [1.82, 2.24) is 29.7 Å². The molecule has 16 nitrogen and oxygen atoms in total. The monoisotopic (exact) mass is 1150 g/mol. The Morgan fingerprint density at radius 1 is 0.676 bits per heavy atom. The third-order valence-corrected chi connectivity index (χ3v) is 15.6. The number of alkyl halides is 12. The zero-order valence-electron chi connectivity index (χ0n) is 39.0. The Morgan fingerprint density at radius 3 is 1.55 bits per heavy atom. The third kappa shape index (κ3) is 21.0. The van der Waals surface area contributed by atoms with E-state index < -0.39 is 83.0 Å². The summed E-state index contributed by atoms with van der Waals surface area (Å²) in [6, 6.07) is 10.3. The molecule has 5 aromatic rings. The van der Waals surface area contributed by atoms with Crippen LogP contribution in [0.5, 0.6) is 0 Å². The van der Waals surface area contributed by atoms with Crippen molar-refractivity contribution in [1.29, 1.82) is 15.8 Å². The molecule has 0 saturated carbocycles. The van der Waals surface area contributed by atoms with Crippen LogP contribution in [-0.2, 0) is 57.7 Å². The Labute approximate surface area is 425 Å². The first-order valence-corrected chi connectivity index (χ1v) is 26.9. The van der Waals surface area contributed by atoms with E-state index in [0.29, 0.717) is 44.3 Å². The molecule has 4 aromatic heterocycles. The second-order valence-corrected chi connectivity index (χ2v) is 23.8. The maximum absolute atomic E-state index is 12.6. The Balaban J connectivity index is 0.000000343. The highest BCUT2D eigenvalue weighted by Crippen LogP contribution is 2.33. The van der Waals surface area contributed by atoms with Crippen LogP contribution in [0.3, 0.4) is 0 Å². The first-order chi connectivity index (χ1) is 33.9. The number of aromatic nitrogens is 6. The minimum absolute atomic E-state index is 0.105. The highest BCUT2D eigenvalue weighted by atomic mass is 35.5. The Bertz CT molecular complexity index is 3220. The lowest BCUT2D eigenvalue weighted by Crippen LogP contribution is -2.14. The zero-order chi connectivity index (χ0) is 56.7. The van der Waals surface area contributed by atoms with E-state index in [1.165, 1.54) is 56.3 Å². The summed E-state index contributed by atoms with van der Waals surface area (Å²) in [6.45, 7) is 5.12. The van der Waals surface area contributed by atoms with E-state index >= 15 is 0 Å². The molecule has 0 spiro atoms. The van der Waals surface area contributed by atoms with E-state index in [0.717, 1.165) is 41.1 Å². The summed E-state index contributed by atoms with van der Waals surface area (Å²) >= 11 is 6.13. The van der Waals surface area contributed by atoms with Gasteiger partial charge in [0.25, 0.3) is 5.82 Å². The van der Waals surface area contributed by atoms with Crippen molar-refractivity contribution < 1.29 is 69.5 Å². The Morgan fingerprint density at radius 2 is 1.16 bits per heavy atom. The molecule has 5 atom stereocenters.